The van der Waals surface area contributed by atoms with E-state index in [-0.39, 0.29) is 49.1 Å². The number of rotatable bonds is 6. The Morgan fingerprint density at radius 1 is 1.12 bits per heavy atom. The molecule has 1 aromatic rings. The minimum Gasteiger partial charge on any atom is -0.368 e. The van der Waals surface area contributed by atoms with Gasteiger partial charge in [0.2, 0.25) is 11.8 Å². The second-order valence-electron chi connectivity index (χ2n) is 6.02. The highest BCUT2D eigenvalue weighted by Gasteiger charge is 2.22. The number of piperazine rings is 1. The molecule has 1 aromatic carbocycles. The summed E-state index contributed by atoms with van der Waals surface area (Å²) in [5.74, 6) is -0.280. The number of carbonyl (C=O) groups excluding carboxylic acids is 2. The third-order valence-corrected chi connectivity index (χ3v) is 4.45. The molecule has 1 saturated heterocycles. The van der Waals surface area contributed by atoms with Crippen LogP contribution >= 0.6 is 36.4 Å². The number of carbonyl (C=O) groups is 2. The predicted molar refractivity (Wildman–Crippen MR) is 111 cm³/mol. The zero-order valence-electron chi connectivity index (χ0n) is 15.0. The molecule has 0 saturated carbocycles. The molecule has 1 unspecified atom stereocenters. The molecule has 1 heterocycles. The number of hydrogen-bond donors (Lipinski definition) is 2. The molecular weight excluding hydrogens is 399 g/mol. The van der Waals surface area contributed by atoms with E-state index in [1.54, 1.807) is 11.9 Å². The highest BCUT2D eigenvalue weighted by atomic mass is 35.5. The van der Waals surface area contributed by atoms with Crippen LogP contribution in [-0.4, -0.2) is 63.0 Å². The lowest BCUT2D eigenvalue weighted by Crippen LogP contribution is -2.51. The minimum absolute atomic E-state index is 0. The molecule has 1 aliphatic rings. The third-order valence-electron chi connectivity index (χ3n) is 4.20. The maximum atomic E-state index is 12.2. The van der Waals surface area contributed by atoms with Crippen molar-refractivity contribution in [2.24, 2.45) is 5.92 Å². The molecule has 26 heavy (non-hydrogen) atoms. The predicted octanol–water partition coefficient (Wildman–Crippen LogP) is 1.80. The van der Waals surface area contributed by atoms with Gasteiger partial charge in [-0.25, -0.2) is 0 Å². The quantitative estimate of drug-likeness (QED) is 0.729. The molecule has 9 heteroatoms. The Bertz CT molecular complexity index is 564. The molecule has 2 rings (SSSR count). The third kappa shape index (κ3) is 7.19. The molecule has 6 nitrogen and oxygen atoms in total. The van der Waals surface area contributed by atoms with Crippen LogP contribution in [0.2, 0.25) is 5.02 Å². The number of nitrogens with one attached hydrogen (secondary N) is 2. The first-order valence-corrected chi connectivity index (χ1v) is 8.59. The van der Waals surface area contributed by atoms with Crippen LogP contribution in [-0.2, 0) is 9.59 Å². The average molecular weight is 426 g/mol. The van der Waals surface area contributed by atoms with E-state index in [4.69, 9.17) is 11.6 Å². The number of hydrogen-bond acceptors (Lipinski definition) is 4. The number of benzene rings is 1. The van der Waals surface area contributed by atoms with Crippen LogP contribution in [0.3, 0.4) is 0 Å². The van der Waals surface area contributed by atoms with E-state index in [0.717, 1.165) is 23.8 Å². The van der Waals surface area contributed by atoms with Gasteiger partial charge in [-0.15, -0.1) is 24.8 Å². The van der Waals surface area contributed by atoms with Gasteiger partial charge in [0.1, 0.15) is 0 Å². The Labute approximate surface area is 172 Å². The Kier molecular flexibility index (Phi) is 11.7. The summed E-state index contributed by atoms with van der Waals surface area (Å²) >= 11 is 5.91. The first kappa shape index (κ1) is 24.8. The van der Waals surface area contributed by atoms with E-state index in [0.29, 0.717) is 19.6 Å². The van der Waals surface area contributed by atoms with Gasteiger partial charge < -0.3 is 20.4 Å². The summed E-state index contributed by atoms with van der Waals surface area (Å²) in [6.07, 6.45) is 0. The highest BCUT2D eigenvalue weighted by molar-refractivity contribution is 6.30. The molecule has 0 aliphatic carbocycles. The zero-order valence-corrected chi connectivity index (χ0v) is 17.4. The largest absolute Gasteiger partial charge is 0.368 e. The van der Waals surface area contributed by atoms with Crippen LogP contribution in [0, 0.1) is 5.92 Å². The van der Waals surface area contributed by atoms with Crippen molar-refractivity contribution in [1.82, 2.24) is 15.5 Å². The van der Waals surface area contributed by atoms with E-state index >= 15 is 0 Å². The smallest absolute Gasteiger partial charge is 0.242 e. The van der Waals surface area contributed by atoms with Gasteiger partial charge in [-0.05, 0) is 31.3 Å². The standard InChI is InChI=1S/C17H25ClN4O2.2ClH/c1-13(11-19-2)17(24)20-12-16(23)22-9-7-21(8-10-22)15-5-3-14(18)4-6-15;;/h3-6,13,19H,7-12H2,1-2H3,(H,20,24);2*1H. The lowest BCUT2D eigenvalue weighted by molar-refractivity contribution is -0.133. The second-order valence-corrected chi connectivity index (χ2v) is 6.46. The van der Waals surface area contributed by atoms with E-state index < -0.39 is 0 Å². The summed E-state index contributed by atoms with van der Waals surface area (Å²) in [4.78, 5) is 28.1. The van der Waals surface area contributed by atoms with Gasteiger partial charge in [-0.2, -0.15) is 0 Å². The zero-order chi connectivity index (χ0) is 17.5. The first-order valence-electron chi connectivity index (χ1n) is 8.22. The van der Waals surface area contributed by atoms with Gasteiger partial charge in [0, 0.05) is 49.4 Å². The number of halogens is 3. The Balaban J connectivity index is 0.00000312. The fourth-order valence-electron chi connectivity index (χ4n) is 2.71. The summed E-state index contributed by atoms with van der Waals surface area (Å²) in [5, 5.41) is 6.39. The van der Waals surface area contributed by atoms with Crippen LogP contribution in [0.4, 0.5) is 5.69 Å². The summed E-state index contributed by atoms with van der Waals surface area (Å²) in [5.41, 5.74) is 1.11. The number of nitrogens with zero attached hydrogens (tertiary/aromatic N) is 2. The molecule has 148 valence electrons. The van der Waals surface area contributed by atoms with Crippen molar-refractivity contribution in [2.45, 2.75) is 6.92 Å². The van der Waals surface area contributed by atoms with Crippen LogP contribution in [0.5, 0.6) is 0 Å². The van der Waals surface area contributed by atoms with Crippen molar-refractivity contribution in [1.29, 1.82) is 0 Å². The fraction of sp³-hybridized carbons (Fsp3) is 0.529. The van der Waals surface area contributed by atoms with Crippen LogP contribution in [0.1, 0.15) is 6.92 Å². The van der Waals surface area contributed by atoms with Gasteiger partial charge in [-0.1, -0.05) is 18.5 Å². The van der Waals surface area contributed by atoms with Crippen LogP contribution in [0.25, 0.3) is 0 Å². The molecule has 1 aliphatic heterocycles. The molecule has 1 fully saturated rings. The van der Waals surface area contributed by atoms with Crippen molar-refractivity contribution in [3.05, 3.63) is 29.3 Å². The van der Waals surface area contributed by atoms with Gasteiger partial charge in [-0.3, -0.25) is 9.59 Å². The molecule has 0 spiro atoms. The maximum Gasteiger partial charge on any atom is 0.242 e. The molecule has 2 N–H and O–H groups in total. The lowest BCUT2D eigenvalue weighted by atomic mass is 10.1. The normalized spacial score (nSPS) is 14.7. The molecule has 0 bridgehead atoms. The highest BCUT2D eigenvalue weighted by Crippen LogP contribution is 2.19. The maximum absolute atomic E-state index is 12.2. The Morgan fingerprint density at radius 2 is 1.69 bits per heavy atom. The summed E-state index contributed by atoms with van der Waals surface area (Å²) < 4.78 is 0. The van der Waals surface area contributed by atoms with Gasteiger partial charge in [0.05, 0.1) is 6.54 Å². The van der Waals surface area contributed by atoms with Gasteiger partial charge >= 0.3 is 0 Å². The molecule has 1 atom stereocenters. The average Bonchev–Trinajstić information content (AvgIpc) is 2.60. The minimum atomic E-state index is -0.149. The number of amides is 2. The van der Waals surface area contributed by atoms with Crippen molar-refractivity contribution < 1.29 is 9.59 Å². The molecular formula is C17H27Cl3N4O2. The summed E-state index contributed by atoms with van der Waals surface area (Å²) in [6.45, 7) is 5.36. The number of anilines is 1. The Hall–Kier alpha value is -1.21. The Morgan fingerprint density at radius 3 is 2.23 bits per heavy atom. The SMILES string of the molecule is CNCC(C)C(=O)NCC(=O)N1CCN(c2ccc(Cl)cc2)CC1.Cl.Cl. The van der Waals surface area contributed by atoms with Gasteiger partial charge in [0.25, 0.3) is 0 Å². The van der Waals surface area contributed by atoms with Crippen molar-refractivity contribution in [3.8, 4) is 0 Å². The van der Waals surface area contributed by atoms with Gasteiger partial charge in [0.15, 0.2) is 0 Å². The second kappa shape index (κ2) is 12.2. The molecule has 2 amide bonds. The van der Waals surface area contributed by atoms with E-state index in [2.05, 4.69) is 15.5 Å². The van der Waals surface area contributed by atoms with Crippen molar-refractivity contribution >= 4 is 53.9 Å². The summed E-state index contributed by atoms with van der Waals surface area (Å²) in [7, 11) is 1.80. The van der Waals surface area contributed by atoms with Crippen molar-refractivity contribution in [2.75, 3.05) is 51.2 Å². The van der Waals surface area contributed by atoms with Crippen LogP contribution < -0.4 is 15.5 Å². The first-order chi connectivity index (χ1) is 11.5. The molecule has 0 aromatic heterocycles. The topological polar surface area (TPSA) is 64.7 Å². The van der Waals surface area contributed by atoms with Crippen molar-refractivity contribution in [3.63, 3.8) is 0 Å². The summed E-state index contributed by atoms with van der Waals surface area (Å²) in [6, 6.07) is 7.72. The van der Waals surface area contributed by atoms with Crippen LogP contribution in [0.15, 0.2) is 24.3 Å². The van der Waals surface area contributed by atoms with E-state index in [9.17, 15) is 9.59 Å². The lowest BCUT2D eigenvalue weighted by Gasteiger charge is -2.36. The monoisotopic (exact) mass is 424 g/mol. The molecule has 0 radical (unpaired) electrons. The van der Waals surface area contributed by atoms with E-state index in [1.165, 1.54) is 0 Å². The van der Waals surface area contributed by atoms with E-state index in [1.807, 2.05) is 31.2 Å². The fourth-order valence-corrected chi connectivity index (χ4v) is 2.84.